The minimum Gasteiger partial charge on any atom is -0.392 e. The summed E-state index contributed by atoms with van der Waals surface area (Å²) in [6.07, 6.45) is -5.27. The number of piperidine rings is 1. The predicted octanol–water partition coefficient (Wildman–Crippen LogP) is 1.30. The van der Waals surface area contributed by atoms with Crippen LogP contribution < -0.4 is 5.32 Å². The first-order valence-electron chi connectivity index (χ1n) is 4.44. The van der Waals surface area contributed by atoms with Gasteiger partial charge in [-0.2, -0.15) is 13.2 Å². The van der Waals surface area contributed by atoms with E-state index in [1.165, 1.54) is 0 Å². The van der Waals surface area contributed by atoms with Crippen LogP contribution in [0.3, 0.4) is 0 Å². The molecule has 78 valence electrons. The third-order valence-corrected chi connectivity index (χ3v) is 2.37. The minimum atomic E-state index is -4.25. The lowest BCUT2D eigenvalue weighted by Gasteiger charge is -2.27. The first-order valence-corrected chi connectivity index (χ1v) is 4.44. The molecule has 0 saturated carbocycles. The molecular formula is C8H14F3NO. The van der Waals surface area contributed by atoms with Crippen LogP contribution in [-0.2, 0) is 0 Å². The maximum Gasteiger partial charge on any atom is 0.391 e. The smallest absolute Gasteiger partial charge is 0.391 e. The Balaban J connectivity index is 2.33. The number of halogens is 3. The second-order valence-corrected chi connectivity index (χ2v) is 3.47. The fourth-order valence-electron chi connectivity index (χ4n) is 1.63. The SMILES string of the molecule is OC(CC(F)(F)F)C1CCNCC1. The van der Waals surface area contributed by atoms with Crippen molar-refractivity contribution < 1.29 is 18.3 Å². The molecule has 1 aliphatic heterocycles. The van der Waals surface area contributed by atoms with Crippen LogP contribution in [-0.4, -0.2) is 30.5 Å². The third-order valence-electron chi connectivity index (χ3n) is 2.37. The zero-order chi connectivity index (χ0) is 9.90. The van der Waals surface area contributed by atoms with Crippen LogP contribution in [0.1, 0.15) is 19.3 Å². The highest BCUT2D eigenvalue weighted by Crippen LogP contribution is 2.27. The van der Waals surface area contributed by atoms with Gasteiger partial charge in [-0.3, -0.25) is 0 Å². The van der Waals surface area contributed by atoms with Crippen molar-refractivity contribution in [2.45, 2.75) is 31.5 Å². The van der Waals surface area contributed by atoms with Crippen LogP contribution in [0.15, 0.2) is 0 Å². The molecule has 1 fully saturated rings. The molecular weight excluding hydrogens is 183 g/mol. The monoisotopic (exact) mass is 197 g/mol. The first-order chi connectivity index (χ1) is 5.99. The highest BCUT2D eigenvalue weighted by Gasteiger charge is 2.34. The van der Waals surface area contributed by atoms with Crippen LogP contribution in [0.25, 0.3) is 0 Å². The maximum atomic E-state index is 11.9. The average molecular weight is 197 g/mol. The van der Waals surface area contributed by atoms with E-state index in [2.05, 4.69) is 5.32 Å². The zero-order valence-electron chi connectivity index (χ0n) is 7.27. The number of rotatable bonds is 2. The Labute approximate surface area is 75.1 Å². The topological polar surface area (TPSA) is 32.3 Å². The molecule has 0 aromatic carbocycles. The van der Waals surface area contributed by atoms with Crippen LogP contribution >= 0.6 is 0 Å². The fraction of sp³-hybridized carbons (Fsp3) is 1.00. The van der Waals surface area contributed by atoms with E-state index in [1.807, 2.05) is 0 Å². The molecule has 2 nitrogen and oxygen atoms in total. The number of hydrogen-bond acceptors (Lipinski definition) is 2. The van der Waals surface area contributed by atoms with E-state index in [1.54, 1.807) is 0 Å². The first kappa shape index (κ1) is 10.8. The predicted molar refractivity (Wildman–Crippen MR) is 42.3 cm³/mol. The van der Waals surface area contributed by atoms with Gasteiger partial charge in [0.05, 0.1) is 12.5 Å². The van der Waals surface area contributed by atoms with E-state index in [4.69, 9.17) is 0 Å². The van der Waals surface area contributed by atoms with Gasteiger partial charge in [-0.25, -0.2) is 0 Å². The second kappa shape index (κ2) is 4.28. The zero-order valence-corrected chi connectivity index (χ0v) is 7.27. The molecule has 1 aliphatic rings. The largest absolute Gasteiger partial charge is 0.392 e. The summed E-state index contributed by atoms with van der Waals surface area (Å²) < 4.78 is 35.7. The Kier molecular flexibility index (Phi) is 3.55. The molecule has 1 heterocycles. The van der Waals surface area contributed by atoms with Crippen molar-refractivity contribution in [2.24, 2.45) is 5.92 Å². The third kappa shape index (κ3) is 3.95. The average Bonchev–Trinajstić information content (AvgIpc) is 2.03. The minimum absolute atomic E-state index is 0.192. The van der Waals surface area contributed by atoms with Gasteiger partial charge in [0.15, 0.2) is 0 Å². The molecule has 5 heteroatoms. The summed E-state index contributed by atoms with van der Waals surface area (Å²) in [5, 5.41) is 12.3. The fourth-order valence-corrected chi connectivity index (χ4v) is 1.63. The van der Waals surface area contributed by atoms with Crippen LogP contribution in [0.2, 0.25) is 0 Å². The summed E-state index contributed by atoms with van der Waals surface area (Å²) in [6.45, 7) is 1.42. The summed E-state index contributed by atoms with van der Waals surface area (Å²) in [7, 11) is 0. The normalized spacial score (nSPS) is 23.1. The Morgan fingerprint density at radius 1 is 1.31 bits per heavy atom. The number of alkyl halides is 3. The lowest BCUT2D eigenvalue weighted by Crippen LogP contribution is -2.36. The quantitative estimate of drug-likeness (QED) is 0.699. The molecule has 0 aromatic heterocycles. The number of aliphatic hydroxyl groups is 1. The Morgan fingerprint density at radius 3 is 2.31 bits per heavy atom. The van der Waals surface area contributed by atoms with E-state index in [0.717, 1.165) is 0 Å². The van der Waals surface area contributed by atoms with Gasteiger partial charge in [0.25, 0.3) is 0 Å². The number of hydrogen-bond donors (Lipinski definition) is 2. The van der Waals surface area contributed by atoms with Crippen LogP contribution in [0.5, 0.6) is 0 Å². The summed E-state index contributed by atoms with van der Waals surface area (Å²) in [6, 6.07) is 0. The van der Waals surface area contributed by atoms with E-state index in [9.17, 15) is 18.3 Å². The van der Waals surface area contributed by atoms with Gasteiger partial charge in [0.2, 0.25) is 0 Å². The van der Waals surface area contributed by atoms with E-state index >= 15 is 0 Å². The highest BCUT2D eigenvalue weighted by molar-refractivity contribution is 4.76. The molecule has 2 N–H and O–H groups in total. The summed E-state index contributed by atoms with van der Waals surface area (Å²) >= 11 is 0. The number of nitrogens with one attached hydrogen (secondary N) is 1. The van der Waals surface area contributed by atoms with E-state index in [-0.39, 0.29) is 5.92 Å². The van der Waals surface area contributed by atoms with Gasteiger partial charge >= 0.3 is 6.18 Å². The van der Waals surface area contributed by atoms with Crippen molar-refractivity contribution in [2.75, 3.05) is 13.1 Å². The van der Waals surface area contributed by atoms with Gasteiger partial charge in [0.1, 0.15) is 0 Å². The molecule has 1 unspecified atom stereocenters. The lowest BCUT2D eigenvalue weighted by atomic mass is 9.90. The standard InChI is InChI=1S/C8H14F3NO/c9-8(10,11)5-7(13)6-1-3-12-4-2-6/h6-7,12-13H,1-5H2. The molecule has 1 atom stereocenters. The van der Waals surface area contributed by atoms with Crippen LogP contribution in [0, 0.1) is 5.92 Å². The van der Waals surface area contributed by atoms with Gasteiger partial charge in [-0.15, -0.1) is 0 Å². The molecule has 13 heavy (non-hydrogen) atoms. The molecule has 1 rings (SSSR count). The van der Waals surface area contributed by atoms with Crippen molar-refractivity contribution in [1.29, 1.82) is 0 Å². The Bertz CT molecular complexity index is 154. The lowest BCUT2D eigenvalue weighted by molar-refractivity contribution is -0.160. The summed E-state index contributed by atoms with van der Waals surface area (Å²) in [5.74, 6) is -0.192. The van der Waals surface area contributed by atoms with Crippen LogP contribution in [0.4, 0.5) is 13.2 Å². The van der Waals surface area contributed by atoms with Gasteiger partial charge in [0, 0.05) is 0 Å². The molecule has 0 aliphatic carbocycles. The highest BCUT2D eigenvalue weighted by atomic mass is 19.4. The molecule has 0 bridgehead atoms. The molecule has 1 saturated heterocycles. The Hall–Kier alpha value is -0.290. The van der Waals surface area contributed by atoms with Gasteiger partial charge in [-0.1, -0.05) is 0 Å². The maximum absolute atomic E-state index is 11.9. The van der Waals surface area contributed by atoms with E-state index < -0.39 is 18.7 Å². The molecule has 0 aromatic rings. The van der Waals surface area contributed by atoms with E-state index in [0.29, 0.717) is 25.9 Å². The molecule has 0 radical (unpaired) electrons. The second-order valence-electron chi connectivity index (χ2n) is 3.47. The van der Waals surface area contributed by atoms with Crippen molar-refractivity contribution >= 4 is 0 Å². The Morgan fingerprint density at radius 2 is 1.85 bits per heavy atom. The molecule has 0 spiro atoms. The van der Waals surface area contributed by atoms with Gasteiger partial charge < -0.3 is 10.4 Å². The van der Waals surface area contributed by atoms with Crippen molar-refractivity contribution in [3.8, 4) is 0 Å². The van der Waals surface area contributed by atoms with Crippen molar-refractivity contribution in [1.82, 2.24) is 5.32 Å². The molecule has 0 amide bonds. The summed E-state index contributed by atoms with van der Waals surface area (Å²) in [4.78, 5) is 0. The van der Waals surface area contributed by atoms with Crippen molar-refractivity contribution in [3.05, 3.63) is 0 Å². The van der Waals surface area contributed by atoms with Crippen molar-refractivity contribution in [3.63, 3.8) is 0 Å². The summed E-state index contributed by atoms with van der Waals surface area (Å²) in [5.41, 5.74) is 0. The van der Waals surface area contributed by atoms with Gasteiger partial charge in [-0.05, 0) is 31.8 Å². The number of aliphatic hydroxyl groups excluding tert-OH is 1.